The Labute approximate surface area is 75.2 Å². The molecule has 0 radical (unpaired) electrons. The van der Waals surface area contributed by atoms with Crippen molar-refractivity contribution in [3.8, 4) is 0 Å². The lowest BCUT2D eigenvalue weighted by atomic mass is 10.3. The fourth-order valence-corrected chi connectivity index (χ4v) is 0.349. The smallest absolute Gasteiger partial charge is 0.0683 e. The van der Waals surface area contributed by atoms with Crippen molar-refractivity contribution in [2.45, 2.75) is 27.7 Å². The molecule has 0 aliphatic carbocycles. The van der Waals surface area contributed by atoms with Gasteiger partial charge in [-0.3, -0.25) is 4.99 Å². The summed E-state index contributed by atoms with van der Waals surface area (Å²) in [5.41, 5.74) is 2.70. The number of nitrogens with one attached hydrogen (secondary N) is 1. The van der Waals surface area contributed by atoms with Gasteiger partial charge >= 0.3 is 0 Å². The molecule has 0 aromatic carbocycles. The molecule has 2 heteroatoms. The second-order valence-corrected chi connectivity index (χ2v) is 2.17. The Balaban J connectivity index is 0. The number of aliphatic imine (C=N–C) groups is 1. The molecule has 0 fully saturated rings. The van der Waals surface area contributed by atoms with Gasteiger partial charge in [-0.2, -0.15) is 0 Å². The molecule has 0 aliphatic rings. The maximum Gasteiger partial charge on any atom is 0.0683 e. The van der Waals surface area contributed by atoms with Crippen LogP contribution in [0.2, 0.25) is 0 Å². The molecule has 0 saturated carbocycles. The normalized spacial score (nSPS) is 8.42. The van der Waals surface area contributed by atoms with Crippen molar-refractivity contribution in [2.75, 3.05) is 0 Å². The van der Waals surface area contributed by atoms with Crippen LogP contribution in [-0.4, -0.2) is 12.4 Å². The van der Waals surface area contributed by atoms with Gasteiger partial charge in [-0.15, -0.1) is 0 Å². The Morgan fingerprint density at radius 1 is 1.33 bits per heavy atom. The van der Waals surface area contributed by atoms with Crippen LogP contribution in [0.3, 0.4) is 0 Å². The zero-order valence-corrected chi connectivity index (χ0v) is 8.33. The third kappa shape index (κ3) is 15.9. The summed E-state index contributed by atoms with van der Waals surface area (Å²) in [4.78, 5) is 3.91. The van der Waals surface area contributed by atoms with E-state index in [0.29, 0.717) is 5.92 Å². The van der Waals surface area contributed by atoms with Crippen LogP contribution in [0.4, 0.5) is 0 Å². The van der Waals surface area contributed by atoms with Gasteiger partial charge < -0.3 is 5.41 Å². The summed E-state index contributed by atoms with van der Waals surface area (Å²) in [6.45, 7) is 8.11. The van der Waals surface area contributed by atoms with Crippen molar-refractivity contribution < 1.29 is 0 Å². The number of hydrogen-bond acceptors (Lipinski definition) is 2. The Kier molecular flexibility index (Phi) is 14.0. The Morgan fingerprint density at radius 2 is 1.92 bits per heavy atom. The van der Waals surface area contributed by atoms with E-state index in [-0.39, 0.29) is 0 Å². The van der Waals surface area contributed by atoms with E-state index in [0.717, 1.165) is 0 Å². The highest BCUT2D eigenvalue weighted by molar-refractivity contribution is 5.67. The fraction of sp³-hybridized carbons (Fsp3) is 0.500. The van der Waals surface area contributed by atoms with Crippen LogP contribution in [0.25, 0.3) is 0 Å². The summed E-state index contributed by atoms with van der Waals surface area (Å²) >= 11 is 0. The average molecular weight is 166 g/mol. The minimum absolute atomic E-state index is 0.470. The van der Waals surface area contributed by atoms with Gasteiger partial charge in [0.25, 0.3) is 0 Å². The second-order valence-electron chi connectivity index (χ2n) is 2.17. The topological polar surface area (TPSA) is 36.2 Å². The van der Waals surface area contributed by atoms with E-state index in [4.69, 9.17) is 5.41 Å². The Morgan fingerprint density at radius 3 is 2.33 bits per heavy atom. The van der Waals surface area contributed by atoms with Gasteiger partial charge in [0.1, 0.15) is 0 Å². The van der Waals surface area contributed by atoms with Gasteiger partial charge in [0.05, 0.1) is 6.20 Å². The molecule has 12 heavy (non-hydrogen) atoms. The molecule has 0 spiro atoms. The predicted octanol–water partition coefficient (Wildman–Crippen LogP) is 3.06. The summed E-state index contributed by atoms with van der Waals surface area (Å²) in [6.07, 6.45) is 6.04. The van der Waals surface area contributed by atoms with E-state index >= 15 is 0 Å². The average Bonchev–Trinajstić information content (AvgIpc) is 2.07. The first-order chi connectivity index (χ1) is 5.77. The van der Waals surface area contributed by atoms with Gasteiger partial charge in [0.2, 0.25) is 0 Å². The lowest BCUT2D eigenvalue weighted by Crippen LogP contribution is -1.84. The third-order valence-electron chi connectivity index (χ3n) is 0.713. The number of nitrogens with zero attached hydrogens (tertiary/aromatic N) is 1. The monoisotopic (exact) mass is 166 g/mol. The molecule has 0 amide bonds. The lowest BCUT2D eigenvalue weighted by Gasteiger charge is -1.86. The lowest BCUT2D eigenvalue weighted by molar-refractivity contribution is 0.907. The maximum atomic E-state index is 6.61. The Hall–Kier alpha value is -1.14. The van der Waals surface area contributed by atoms with E-state index < -0.39 is 0 Å². The SMILES string of the molecule is CC.CC(C)C=NC=C=CC=N. The molecule has 0 atom stereocenters. The number of rotatable bonds is 3. The van der Waals surface area contributed by atoms with Gasteiger partial charge in [-0.1, -0.05) is 33.4 Å². The first kappa shape index (κ1) is 13.4. The molecule has 0 heterocycles. The summed E-state index contributed by atoms with van der Waals surface area (Å²) in [5, 5.41) is 6.61. The quantitative estimate of drug-likeness (QED) is 0.494. The van der Waals surface area contributed by atoms with E-state index in [1.165, 1.54) is 12.3 Å². The molecule has 0 unspecified atom stereocenters. The minimum atomic E-state index is 0.470. The molecule has 68 valence electrons. The largest absolute Gasteiger partial charge is 0.308 e. The molecule has 0 bridgehead atoms. The summed E-state index contributed by atoms with van der Waals surface area (Å²) < 4.78 is 0. The Bertz CT molecular complexity index is 172. The van der Waals surface area contributed by atoms with Crippen LogP contribution < -0.4 is 0 Å². The zero-order valence-electron chi connectivity index (χ0n) is 8.33. The van der Waals surface area contributed by atoms with E-state index in [1.807, 2.05) is 20.1 Å². The van der Waals surface area contributed by atoms with Crippen molar-refractivity contribution in [3.05, 3.63) is 18.0 Å². The van der Waals surface area contributed by atoms with Crippen LogP contribution >= 0.6 is 0 Å². The van der Waals surface area contributed by atoms with Crippen molar-refractivity contribution in [1.29, 1.82) is 5.41 Å². The highest BCUT2D eigenvalue weighted by Crippen LogP contribution is 1.84. The summed E-state index contributed by atoms with van der Waals surface area (Å²) in [5.74, 6) is 0.470. The third-order valence-corrected chi connectivity index (χ3v) is 0.713. The van der Waals surface area contributed by atoms with Gasteiger partial charge in [-0.25, -0.2) is 0 Å². The molecule has 0 aromatic rings. The first-order valence-electron chi connectivity index (χ1n) is 4.20. The highest BCUT2D eigenvalue weighted by atomic mass is 14.7. The number of hydrogen-bond donors (Lipinski definition) is 1. The summed E-state index contributed by atoms with van der Waals surface area (Å²) in [7, 11) is 0. The van der Waals surface area contributed by atoms with Crippen molar-refractivity contribution >= 4 is 12.4 Å². The molecular formula is C10H18N2. The van der Waals surface area contributed by atoms with Crippen LogP contribution in [-0.2, 0) is 0 Å². The first-order valence-corrected chi connectivity index (χ1v) is 4.20. The van der Waals surface area contributed by atoms with Crippen LogP contribution in [0, 0.1) is 11.3 Å². The van der Waals surface area contributed by atoms with Crippen LogP contribution in [0.15, 0.2) is 23.0 Å². The fourth-order valence-electron chi connectivity index (χ4n) is 0.349. The molecule has 0 aromatic heterocycles. The molecule has 2 nitrogen and oxygen atoms in total. The van der Waals surface area contributed by atoms with E-state index in [2.05, 4.69) is 24.6 Å². The maximum absolute atomic E-state index is 6.61. The summed E-state index contributed by atoms with van der Waals surface area (Å²) in [6, 6.07) is 0. The van der Waals surface area contributed by atoms with Gasteiger partial charge in [-0.05, 0) is 12.0 Å². The van der Waals surface area contributed by atoms with Crippen LogP contribution in [0.1, 0.15) is 27.7 Å². The van der Waals surface area contributed by atoms with Crippen molar-refractivity contribution in [3.63, 3.8) is 0 Å². The van der Waals surface area contributed by atoms with E-state index in [1.54, 1.807) is 6.20 Å². The van der Waals surface area contributed by atoms with Crippen LogP contribution in [0.5, 0.6) is 0 Å². The molecule has 0 aliphatic heterocycles. The minimum Gasteiger partial charge on any atom is -0.308 e. The predicted molar refractivity (Wildman–Crippen MR) is 56.1 cm³/mol. The number of allylic oxidation sites excluding steroid dienone is 1. The van der Waals surface area contributed by atoms with Gasteiger partial charge in [0.15, 0.2) is 0 Å². The molecular weight excluding hydrogens is 148 g/mol. The molecule has 1 N–H and O–H groups in total. The standard InChI is InChI=1S/C8H12N2.C2H6/c1-8(2)7-10-6-4-3-5-9;1-2/h3,5-9H,1-2H3;1-2H3. The molecule has 0 rings (SSSR count). The highest BCUT2D eigenvalue weighted by Gasteiger charge is 1.79. The van der Waals surface area contributed by atoms with Crippen molar-refractivity contribution in [2.24, 2.45) is 10.9 Å². The van der Waals surface area contributed by atoms with Gasteiger partial charge in [0, 0.05) is 12.4 Å². The zero-order chi connectivity index (χ0) is 9.82. The molecule has 0 saturated heterocycles. The van der Waals surface area contributed by atoms with E-state index in [9.17, 15) is 0 Å². The van der Waals surface area contributed by atoms with Crippen molar-refractivity contribution in [1.82, 2.24) is 0 Å². The second kappa shape index (κ2) is 12.5.